The SMILES string of the molecule is CC1CCC(NCc2ccc3ccccc3c2)CC1C. The van der Waals surface area contributed by atoms with Gasteiger partial charge in [0.15, 0.2) is 0 Å². The van der Waals surface area contributed by atoms with Crippen LogP contribution in [0.25, 0.3) is 10.8 Å². The summed E-state index contributed by atoms with van der Waals surface area (Å²) >= 11 is 0. The van der Waals surface area contributed by atoms with E-state index in [1.54, 1.807) is 0 Å². The van der Waals surface area contributed by atoms with Crippen LogP contribution in [0.15, 0.2) is 42.5 Å². The van der Waals surface area contributed by atoms with Gasteiger partial charge in [0, 0.05) is 12.6 Å². The minimum atomic E-state index is 0.702. The van der Waals surface area contributed by atoms with Crippen molar-refractivity contribution >= 4 is 10.8 Å². The van der Waals surface area contributed by atoms with Gasteiger partial charge in [-0.05, 0) is 53.5 Å². The van der Waals surface area contributed by atoms with E-state index >= 15 is 0 Å². The van der Waals surface area contributed by atoms with Crippen LogP contribution in [0.3, 0.4) is 0 Å². The molecule has 3 unspecified atom stereocenters. The quantitative estimate of drug-likeness (QED) is 0.846. The molecule has 0 saturated heterocycles. The van der Waals surface area contributed by atoms with E-state index in [2.05, 4.69) is 61.6 Å². The Morgan fingerprint density at radius 2 is 1.75 bits per heavy atom. The van der Waals surface area contributed by atoms with E-state index in [4.69, 9.17) is 0 Å². The third-order valence-electron chi connectivity index (χ3n) is 5.01. The maximum atomic E-state index is 3.75. The Labute approximate surface area is 122 Å². The fraction of sp³-hybridized carbons (Fsp3) is 0.474. The van der Waals surface area contributed by atoms with Crippen LogP contribution in [0, 0.1) is 11.8 Å². The molecule has 0 amide bonds. The predicted molar refractivity (Wildman–Crippen MR) is 86.8 cm³/mol. The third-order valence-corrected chi connectivity index (χ3v) is 5.01. The van der Waals surface area contributed by atoms with Crippen LogP contribution in [-0.2, 0) is 6.54 Å². The first kappa shape index (κ1) is 13.6. The molecule has 0 radical (unpaired) electrons. The van der Waals surface area contributed by atoms with Gasteiger partial charge in [-0.25, -0.2) is 0 Å². The van der Waals surface area contributed by atoms with Gasteiger partial charge in [0.25, 0.3) is 0 Å². The highest BCUT2D eigenvalue weighted by atomic mass is 14.9. The Morgan fingerprint density at radius 3 is 2.55 bits per heavy atom. The van der Waals surface area contributed by atoms with E-state index in [-0.39, 0.29) is 0 Å². The molecule has 0 aliphatic heterocycles. The molecule has 1 saturated carbocycles. The lowest BCUT2D eigenvalue weighted by molar-refractivity contribution is 0.225. The summed E-state index contributed by atoms with van der Waals surface area (Å²) in [5.74, 6) is 1.76. The molecule has 0 spiro atoms. The maximum Gasteiger partial charge on any atom is 0.0208 e. The van der Waals surface area contributed by atoms with Crippen LogP contribution >= 0.6 is 0 Å². The zero-order valence-corrected chi connectivity index (χ0v) is 12.6. The molecule has 1 nitrogen and oxygen atoms in total. The number of benzene rings is 2. The van der Waals surface area contributed by atoms with E-state index in [0.717, 1.165) is 18.4 Å². The normalized spacial score (nSPS) is 26.8. The van der Waals surface area contributed by atoms with Gasteiger partial charge in [-0.15, -0.1) is 0 Å². The fourth-order valence-corrected chi connectivity index (χ4v) is 3.34. The highest BCUT2D eigenvalue weighted by Gasteiger charge is 2.23. The van der Waals surface area contributed by atoms with Crippen molar-refractivity contribution in [3.8, 4) is 0 Å². The van der Waals surface area contributed by atoms with Gasteiger partial charge in [0.05, 0.1) is 0 Å². The van der Waals surface area contributed by atoms with Crippen LogP contribution < -0.4 is 5.32 Å². The van der Waals surface area contributed by atoms with Gasteiger partial charge < -0.3 is 5.32 Å². The van der Waals surface area contributed by atoms with E-state index in [1.165, 1.54) is 35.6 Å². The van der Waals surface area contributed by atoms with Crippen molar-refractivity contribution in [2.24, 2.45) is 11.8 Å². The molecule has 3 atom stereocenters. The van der Waals surface area contributed by atoms with Crippen molar-refractivity contribution < 1.29 is 0 Å². The van der Waals surface area contributed by atoms with Crippen LogP contribution in [0.4, 0.5) is 0 Å². The van der Waals surface area contributed by atoms with E-state index < -0.39 is 0 Å². The molecule has 0 heterocycles. The van der Waals surface area contributed by atoms with Crippen molar-refractivity contribution in [3.63, 3.8) is 0 Å². The minimum Gasteiger partial charge on any atom is -0.310 e. The number of fused-ring (bicyclic) bond motifs is 1. The lowest BCUT2D eigenvalue weighted by atomic mass is 9.79. The summed E-state index contributed by atoms with van der Waals surface area (Å²) in [6, 6.07) is 16.1. The summed E-state index contributed by atoms with van der Waals surface area (Å²) in [7, 11) is 0. The fourth-order valence-electron chi connectivity index (χ4n) is 3.34. The Kier molecular flexibility index (Phi) is 4.07. The number of hydrogen-bond acceptors (Lipinski definition) is 1. The van der Waals surface area contributed by atoms with Gasteiger partial charge >= 0.3 is 0 Å². The zero-order chi connectivity index (χ0) is 13.9. The molecule has 2 aromatic rings. The Hall–Kier alpha value is -1.34. The van der Waals surface area contributed by atoms with Crippen molar-refractivity contribution in [2.45, 2.75) is 45.7 Å². The van der Waals surface area contributed by atoms with E-state index in [1.807, 2.05) is 0 Å². The van der Waals surface area contributed by atoms with Gasteiger partial charge in [-0.3, -0.25) is 0 Å². The van der Waals surface area contributed by atoms with Crippen LogP contribution in [0.1, 0.15) is 38.7 Å². The Balaban J connectivity index is 1.62. The number of hydrogen-bond donors (Lipinski definition) is 1. The lowest BCUT2D eigenvalue weighted by Crippen LogP contribution is -2.35. The van der Waals surface area contributed by atoms with Crippen molar-refractivity contribution in [1.29, 1.82) is 0 Å². The van der Waals surface area contributed by atoms with Crippen LogP contribution in [0.2, 0.25) is 0 Å². The van der Waals surface area contributed by atoms with Crippen molar-refractivity contribution in [2.75, 3.05) is 0 Å². The second kappa shape index (κ2) is 5.97. The minimum absolute atomic E-state index is 0.702. The highest BCUT2D eigenvalue weighted by molar-refractivity contribution is 5.82. The lowest BCUT2D eigenvalue weighted by Gasteiger charge is -2.32. The Bertz CT molecular complexity index is 575. The molecule has 1 aliphatic carbocycles. The molecule has 1 aliphatic rings. The van der Waals surface area contributed by atoms with Gasteiger partial charge in [0.1, 0.15) is 0 Å². The summed E-state index contributed by atoms with van der Waals surface area (Å²) in [6.45, 7) is 5.79. The number of nitrogens with one attached hydrogen (secondary N) is 1. The summed E-state index contributed by atoms with van der Waals surface area (Å²) in [5.41, 5.74) is 1.40. The predicted octanol–water partition coefficient (Wildman–Crippen LogP) is 4.75. The van der Waals surface area contributed by atoms with Crippen LogP contribution in [-0.4, -0.2) is 6.04 Å². The standard InChI is InChI=1S/C19H25N/c1-14-7-10-19(11-15(14)2)20-13-16-8-9-17-5-3-4-6-18(17)12-16/h3-6,8-9,12,14-15,19-20H,7,10-11,13H2,1-2H3. The summed E-state index contributed by atoms with van der Waals surface area (Å²) in [5, 5.41) is 6.43. The largest absolute Gasteiger partial charge is 0.310 e. The monoisotopic (exact) mass is 267 g/mol. The van der Waals surface area contributed by atoms with E-state index in [9.17, 15) is 0 Å². The summed E-state index contributed by atoms with van der Waals surface area (Å²) < 4.78 is 0. The van der Waals surface area contributed by atoms with Gasteiger partial charge in [-0.2, -0.15) is 0 Å². The molecule has 0 aromatic heterocycles. The summed E-state index contributed by atoms with van der Waals surface area (Å²) in [6.07, 6.45) is 4.03. The molecule has 0 bridgehead atoms. The molecule has 3 rings (SSSR count). The molecular weight excluding hydrogens is 242 g/mol. The van der Waals surface area contributed by atoms with Crippen molar-refractivity contribution in [3.05, 3.63) is 48.0 Å². The van der Waals surface area contributed by atoms with E-state index in [0.29, 0.717) is 6.04 Å². The van der Waals surface area contributed by atoms with Gasteiger partial charge in [0.2, 0.25) is 0 Å². The molecule has 1 heteroatoms. The van der Waals surface area contributed by atoms with Gasteiger partial charge in [-0.1, -0.05) is 50.2 Å². The van der Waals surface area contributed by atoms with Crippen LogP contribution in [0.5, 0.6) is 0 Å². The first-order valence-corrected chi connectivity index (χ1v) is 7.93. The second-order valence-electron chi connectivity index (χ2n) is 6.53. The first-order chi connectivity index (χ1) is 9.72. The molecule has 106 valence electrons. The Morgan fingerprint density at radius 1 is 0.950 bits per heavy atom. The second-order valence-corrected chi connectivity index (χ2v) is 6.53. The topological polar surface area (TPSA) is 12.0 Å². The summed E-state index contributed by atoms with van der Waals surface area (Å²) in [4.78, 5) is 0. The highest BCUT2D eigenvalue weighted by Crippen LogP contribution is 2.29. The smallest absolute Gasteiger partial charge is 0.0208 e. The maximum absolute atomic E-state index is 3.75. The molecular formula is C19H25N. The molecule has 2 aromatic carbocycles. The third kappa shape index (κ3) is 3.04. The molecule has 1 N–H and O–H groups in total. The molecule has 1 fully saturated rings. The average molecular weight is 267 g/mol. The average Bonchev–Trinajstić information content (AvgIpc) is 2.48. The van der Waals surface area contributed by atoms with Crippen molar-refractivity contribution in [1.82, 2.24) is 5.32 Å². The molecule has 20 heavy (non-hydrogen) atoms. The zero-order valence-electron chi connectivity index (χ0n) is 12.6. The number of rotatable bonds is 3. The first-order valence-electron chi connectivity index (χ1n) is 7.93.